The largest absolute Gasteiger partial charge is 0.341 e. The normalized spacial score (nSPS) is 16.3. The molecule has 0 radical (unpaired) electrons. The van der Waals surface area contributed by atoms with Crippen LogP contribution in [0.4, 0.5) is 11.5 Å². The standard InChI is InChI=1S/C27H25N5OS/c1-32(15-17-5-3-2-4-6-17)27(33)18-8-10-22-23(12-18)34-26-24(22)25(29-16-30-26)31-21-9-7-19-13-28-14-20(19)11-21/h2-7,9,11,14,16,18H,8,10,12-13,15H2,1H3,(H,29,30,31). The van der Waals surface area contributed by atoms with Crippen LogP contribution in [0, 0.1) is 5.92 Å². The molecule has 0 spiro atoms. The maximum Gasteiger partial charge on any atom is 0.226 e. The first kappa shape index (κ1) is 21.0. The molecule has 3 heterocycles. The number of aromatic nitrogens is 2. The molecule has 0 fully saturated rings. The summed E-state index contributed by atoms with van der Waals surface area (Å²) in [7, 11) is 1.91. The average molecular weight is 468 g/mol. The Hall–Kier alpha value is -3.58. The van der Waals surface area contributed by atoms with Crippen molar-refractivity contribution < 1.29 is 4.79 Å². The van der Waals surface area contributed by atoms with Gasteiger partial charge in [0.25, 0.3) is 0 Å². The fourth-order valence-corrected chi connectivity index (χ4v) is 6.25. The number of carbonyl (C=O) groups excluding carboxylic acids is 1. The fourth-order valence-electron chi connectivity index (χ4n) is 4.98. The van der Waals surface area contributed by atoms with Crippen LogP contribution in [-0.4, -0.2) is 34.0 Å². The number of amides is 1. The summed E-state index contributed by atoms with van der Waals surface area (Å²) in [6, 6.07) is 16.5. The Morgan fingerprint density at radius 3 is 2.94 bits per heavy atom. The molecule has 6 rings (SSSR count). The van der Waals surface area contributed by atoms with Crippen molar-refractivity contribution in [1.82, 2.24) is 14.9 Å². The van der Waals surface area contributed by atoms with E-state index in [1.165, 1.54) is 16.0 Å². The molecule has 0 saturated heterocycles. The second kappa shape index (κ2) is 8.65. The molecule has 34 heavy (non-hydrogen) atoms. The van der Waals surface area contributed by atoms with Gasteiger partial charge < -0.3 is 10.2 Å². The summed E-state index contributed by atoms with van der Waals surface area (Å²) in [5.74, 6) is 1.06. The summed E-state index contributed by atoms with van der Waals surface area (Å²) in [5, 5.41) is 4.61. The Bertz CT molecular complexity index is 1410. The van der Waals surface area contributed by atoms with Crippen LogP contribution in [0.15, 0.2) is 59.9 Å². The number of thiophene rings is 1. The summed E-state index contributed by atoms with van der Waals surface area (Å²) >= 11 is 1.70. The number of benzene rings is 2. The Labute approximate surface area is 202 Å². The second-order valence-corrected chi connectivity index (χ2v) is 10.1. The van der Waals surface area contributed by atoms with Crippen molar-refractivity contribution in [2.24, 2.45) is 10.9 Å². The Kier molecular flexibility index (Phi) is 5.34. The molecule has 7 heteroatoms. The lowest BCUT2D eigenvalue weighted by Gasteiger charge is -2.27. The summed E-state index contributed by atoms with van der Waals surface area (Å²) < 4.78 is 0. The summed E-state index contributed by atoms with van der Waals surface area (Å²) in [6.45, 7) is 1.40. The summed E-state index contributed by atoms with van der Waals surface area (Å²) in [4.78, 5) is 30.8. The third-order valence-electron chi connectivity index (χ3n) is 6.73. The highest BCUT2D eigenvalue weighted by atomic mass is 32.1. The molecule has 1 aliphatic heterocycles. The number of nitrogens with zero attached hydrogens (tertiary/aromatic N) is 4. The molecule has 2 aromatic carbocycles. The topological polar surface area (TPSA) is 70.5 Å². The first-order valence-electron chi connectivity index (χ1n) is 11.6. The number of carbonyl (C=O) groups is 1. The van der Waals surface area contributed by atoms with E-state index < -0.39 is 0 Å². The number of hydrogen-bond acceptors (Lipinski definition) is 6. The van der Waals surface area contributed by atoms with Gasteiger partial charge in [-0.05, 0) is 53.6 Å². The van der Waals surface area contributed by atoms with Gasteiger partial charge in [-0.2, -0.15) is 0 Å². The number of anilines is 2. The Balaban J connectivity index is 1.24. The van der Waals surface area contributed by atoms with Crippen LogP contribution < -0.4 is 5.32 Å². The van der Waals surface area contributed by atoms with Gasteiger partial charge in [0, 0.05) is 36.3 Å². The fraction of sp³-hybridized carbons (Fsp3) is 0.259. The number of hydrogen-bond donors (Lipinski definition) is 1. The maximum absolute atomic E-state index is 13.2. The smallest absolute Gasteiger partial charge is 0.226 e. The molecular formula is C27H25N5OS. The van der Waals surface area contributed by atoms with E-state index in [-0.39, 0.29) is 11.8 Å². The van der Waals surface area contributed by atoms with Crippen LogP contribution in [0.3, 0.4) is 0 Å². The highest BCUT2D eigenvalue weighted by Gasteiger charge is 2.30. The molecule has 1 amide bonds. The third kappa shape index (κ3) is 3.86. The maximum atomic E-state index is 13.2. The lowest BCUT2D eigenvalue weighted by molar-refractivity contribution is -0.135. The van der Waals surface area contributed by atoms with Gasteiger partial charge in [-0.25, -0.2) is 9.97 Å². The highest BCUT2D eigenvalue weighted by molar-refractivity contribution is 7.19. The van der Waals surface area contributed by atoms with E-state index in [2.05, 4.69) is 50.6 Å². The number of fused-ring (bicyclic) bond motifs is 4. The highest BCUT2D eigenvalue weighted by Crippen LogP contribution is 2.41. The monoisotopic (exact) mass is 467 g/mol. The van der Waals surface area contributed by atoms with E-state index in [1.807, 2.05) is 36.4 Å². The van der Waals surface area contributed by atoms with Gasteiger partial charge in [-0.15, -0.1) is 11.3 Å². The van der Waals surface area contributed by atoms with Crippen molar-refractivity contribution in [2.45, 2.75) is 32.4 Å². The molecule has 6 nitrogen and oxygen atoms in total. The van der Waals surface area contributed by atoms with Gasteiger partial charge >= 0.3 is 0 Å². The van der Waals surface area contributed by atoms with E-state index in [4.69, 9.17) is 0 Å². The van der Waals surface area contributed by atoms with E-state index in [0.717, 1.165) is 58.7 Å². The summed E-state index contributed by atoms with van der Waals surface area (Å²) in [5.41, 5.74) is 5.85. The lowest BCUT2D eigenvalue weighted by Crippen LogP contribution is -2.35. The van der Waals surface area contributed by atoms with Crippen molar-refractivity contribution in [2.75, 3.05) is 12.4 Å². The molecule has 2 aliphatic rings. The molecular weight excluding hydrogens is 442 g/mol. The van der Waals surface area contributed by atoms with Gasteiger partial charge in [0.05, 0.1) is 11.9 Å². The molecule has 1 aliphatic carbocycles. The molecule has 1 unspecified atom stereocenters. The van der Waals surface area contributed by atoms with Gasteiger partial charge in [0.2, 0.25) is 5.91 Å². The van der Waals surface area contributed by atoms with Crippen molar-refractivity contribution in [3.63, 3.8) is 0 Å². The van der Waals surface area contributed by atoms with Crippen LogP contribution >= 0.6 is 11.3 Å². The zero-order valence-electron chi connectivity index (χ0n) is 19.0. The van der Waals surface area contributed by atoms with Crippen LogP contribution in [0.1, 0.15) is 33.6 Å². The van der Waals surface area contributed by atoms with Gasteiger partial charge in [-0.1, -0.05) is 36.4 Å². The average Bonchev–Trinajstić information content (AvgIpc) is 3.48. The summed E-state index contributed by atoms with van der Waals surface area (Å²) in [6.07, 6.45) is 6.03. The molecule has 170 valence electrons. The molecule has 0 bridgehead atoms. The Morgan fingerprint density at radius 1 is 1.18 bits per heavy atom. The minimum atomic E-state index is 0.00893. The molecule has 1 N–H and O–H groups in total. The van der Waals surface area contributed by atoms with Gasteiger partial charge in [0.15, 0.2) is 0 Å². The molecule has 0 saturated carbocycles. The molecule has 1 atom stereocenters. The van der Waals surface area contributed by atoms with Crippen molar-refractivity contribution in [3.8, 4) is 0 Å². The van der Waals surface area contributed by atoms with Crippen molar-refractivity contribution >= 4 is 45.2 Å². The van der Waals surface area contributed by atoms with Crippen molar-refractivity contribution in [1.29, 1.82) is 0 Å². The van der Waals surface area contributed by atoms with Crippen molar-refractivity contribution in [3.05, 3.63) is 82.0 Å². The minimum absolute atomic E-state index is 0.00893. The van der Waals surface area contributed by atoms with Gasteiger partial charge in [0.1, 0.15) is 17.0 Å². The number of rotatable bonds is 5. The van der Waals surface area contributed by atoms with Crippen LogP contribution in [0.2, 0.25) is 0 Å². The number of aliphatic imine (C=N–C) groups is 1. The molecule has 2 aromatic heterocycles. The number of aryl methyl sites for hydroxylation is 1. The minimum Gasteiger partial charge on any atom is -0.341 e. The number of nitrogens with one attached hydrogen (secondary N) is 1. The van der Waals surface area contributed by atoms with E-state index in [9.17, 15) is 4.79 Å². The molecule has 4 aromatic rings. The van der Waals surface area contributed by atoms with E-state index in [0.29, 0.717) is 6.54 Å². The lowest BCUT2D eigenvalue weighted by atomic mass is 9.87. The predicted molar refractivity (Wildman–Crippen MR) is 137 cm³/mol. The predicted octanol–water partition coefficient (Wildman–Crippen LogP) is 5.13. The van der Waals surface area contributed by atoms with Crippen LogP contribution in [-0.2, 0) is 30.7 Å². The zero-order chi connectivity index (χ0) is 23.1. The first-order chi connectivity index (χ1) is 16.7. The quantitative estimate of drug-likeness (QED) is 0.442. The van der Waals surface area contributed by atoms with Crippen LogP contribution in [0.5, 0.6) is 0 Å². The van der Waals surface area contributed by atoms with E-state index in [1.54, 1.807) is 17.7 Å². The van der Waals surface area contributed by atoms with Crippen LogP contribution in [0.25, 0.3) is 10.2 Å². The van der Waals surface area contributed by atoms with Gasteiger partial charge in [-0.3, -0.25) is 9.79 Å². The third-order valence-corrected chi connectivity index (χ3v) is 7.90. The zero-order valence-corrected chi connectivity index (χ0v) is 19.8. The van der Waals surface area contributed by atoms with E-state index >= 15 is 0 Å². The Morgan fingerprint density at radius 2 is 2.06 bits per heavy atom. The first-order valence-corrected chi connectivity index (χ1v) is 12.4. The second-order valence-electron chi connectivity index (χ2n) is 9.03. The SMILES string of the molecule is CN(Cc1ccccc1)C(=O)C1CCc2c(sc3ncnc(Nc4ccc5c(c4)C=NC5)c23)C1.